The van der Waals surface area contributed by atoms with Crippen LogP contribution in [0.3, 0.4) is 0 Å². The average molecular weight is 224 g/mol. The van der Waals surface area contributed by atoms with Crippen LogP contribution < -0.4 is 5.32 Å². The van der Waals surface area contributed by atoms with Crippen molar-refractivity contribution >= 4 is 0 Å². The molecule has 0 aromatic carbocycles. The van der Waals surface area contributed by atoms with Crippen LogP contribution in [0.1, 0.15) is 52.9 Å². The lowest BCUT2D eigenvalue weighted by Gasteiger charge is -2.40. The lowest BCUT2D eigenvalue weighted by molar-refractivity contribution is 0.108. The summed E-state index contributed by atoms with van der Waals surface area (Å²) in [5, 5.41) is 3.72. The van der Waals surface area contributed by atoms with Crippen LogP contribution in [-0.4, -0.2) is 36.1 Å². The summed E-state index contributed by atoms with van der Waals surface area (Å²) in [6.45, 7) is 9.49. The highest BCUT2D eigenvalue weighted by atomic mass is 15.3. The first-order valence-corrected chi connectivity index (χ1v) is 7.29. The zero-order valence-corrected chi connectivity index (χ0v) is 11.2. The first-order valence-electron chi connectivity index (χ1n) is 7.29. The Morgan fingerprint density at radius 2 is 2.00 bits per heavy atom. The molecule has 1 saturated heterocycles. The fraction of sp³-hybridized carbons (Fsp3) is 1.00. The van der Waals surface area contributed by atoms with Gasteiger partial charge in [0.25, 0.3) is 0 Å². The van der Waals surface area contributed by atoms with Crippen LogP contribution in [0.2, 0.25) is 0 Å². The Hall–Kier alpha value is -0.0800. The molecule has 2 aliphatic rings. The minimum Gasteiger partial charge on any atom is -0.311 e. The maximum atomic E-state index is 3.72. The number of piperazine rings is 1. The van der Waals surface area contributed by atoms with Crippen molar-refractivity contribution in [1.82, 2.24) is 10.2 Å². The normalized spacial score (nSPS) is 39.9. The number of hydrogen-bond acceptors (Lipinski definition) is 2. The molecule has 2 nitrogen and oxygen atoms in total. The molecule has 2 heteroatoms. The molecule has 4 atom stereocenters. The molecule has 0 amide bonds. The smallest absolute Gasteiger partial charge is 0.0221 e. The second-order valence-corrected chi connectivity index (χ2v) is 5.62. The fourth-order valence-electron chi connectivity index (χ4n) is 3.29. The van der Waals surface area contributed by atoms with Crippen molar-refractivity contribution < 1.29 is 0 Å². The molecule has 1 saturated carbocycles. The SMILES string of the molecule is CCCC1CN(C2CC2CC)C(CC)CN1. The molecule has 94 valence electrons. The highest BCUT2D eigenvalue weighted by Crippen LogP contribution is 2.40. The molecule has 1 N–H and O–H groups in total. The summed E-state index contributed by atoms with van der Waals surface area (Å²) in [5.41, 5.74) is 0. The standard InChI is InChI=1S/C14H28N2/c1-4-7-12-10-16(13(6-3)9-15-12)14-8-11(14)5-2/h11-15H,4-10H2,1-3H3. The zero-order chi connectivity index (χ0) is 11.5. The first kappa shape index (κ1) is 12.4. The van der Waals surface area contributed by atoms with Crippen molar-refractivity contribution in [3.63, 3.8) is 0 Å². The van der Waals surface area contributed by atoms with Gasteiger partial charge in [0.15, 0.2) is 0 Å². The maximum Gasteiger partial charge on any atom is 0.0221 e. The van der Waals surface area contributed by atoms with Gasteiger partial charge in [0.05, 0.1) is 0 Å². The Balaban J connectivity index is 1.90. The minimum atomic E-state index is 0.755. The van der Waals surface area contributed by atoms with Crippen molar-refractivity contribution in [2.75, 3.05) is 13.1 Å². The topological polar surface area (TPSA) is 15.3 Å². The molecule has 0 spiro atoms. The largest absolute Gasteiger partial charge is 0.311 e. The van der Waals surface area contributed by atoms with E-state index in [1.54, 1.807) is 0 Å². The fourth-order valence-corrected chi connectivity index (χ4v) is 3.29. The molecule has 16 heavy (non-hydrogen) atoms. The molecule has 2 fully saturated rings. The molecule has 0 radical (unpaired) electrons. The van der Waals surface area contributed by atoms with E-state index >= 15 is 0 Å². The van der Waals surface area contributed by atoms with Gasteiger partial charge in [-0.15, -0.1) is 0 Å². The van der Waals surface area contributed by atoms with Crippen molar-refractivity contribution in [2.24, 2.45) is 5.92 Å². The molecule has 1 heterocycles. The van der Waals surface area contributed by atoms with Gasteiger partial charge in [-0.1, -0.05) is 33.6 Å². The van der Waals surface area contributed by atoms with Crippen LogP contribution in [0.15, 0.2) is 0 Å². The predicted molar refractivity (Wildman–Crippen MR) is 69.7 cm³/mol. The van der Waals surface area contributed by atoms with Gasteiger partial charge in [-0.25, -0.2) is 0 Å². The third-order valence-electron chi connectivity index (χ3n) is 4.49. The third kappa shape index (κ3) is 2.60. The van der Waals surface area contributed by atoms with E-state index in [9.17, 15) is 0 Å². The van der Waals surface area contributed by atoms with Crippen LogP contribution >= 0.6 is 0 Å². The van der Waals surface area contributed by atoms with Crippen LogP contribution in [0, 0.1) is 5.92 Å². The van der Waals surface area contributed by atoms with Crippen molar-refractivity contribution in [2.45, 2.75) is 71.0 Å². The van der Waals surface area contributed by atoms with Crippen LogP contribution in [-0.2, 0) is 0 Å². The van der Waals surface area contributed by atoms with E-state index in [2.05, 4.69) is 31.0 Å². The summed E-state index contributed by atoms with van der Waals surface area (Å²) >= 11 is 0. The Kier molecular flexibility index (Phi) is 4.26. The molecule has 0 aromatic rings. The number of nitrogens with zero attached hydrogens (tertiary/aromatic N) is 1. The highest BCUT2D eigenvalue weighted by Gasteiger charge is 2.44. The monoisotopic (exact) mass is 224 g/mol. The Morgan fingerprint density at radius 3 is 2.56 bits per heavy atom. The van der Waals surface area contributed by atoms with Crippen molar-refractivity contribution in [3.05, 3.63) is 0 Å². The summed E-state index contributed by atoms with van der Waals surface area (Å²) in [6, 6.07) is 2.48. The molecular formula is C14H28N2. The van der Waals surface area contributed by atoms with E-state index in [0.29, 0.717) is 0 Å². The summed E-state index contributed by atoms with van der Waals surface area (Å²) in [7, 11) is 0. The van der Waals surface area contributed by atoms with Gasteiger partial charge in [0.2, 0.25) is 0 Å². The van der Waals surface area contributed by atoms with Gasteiger partial charge in [0, 0.05) is 31.2 Å². The van der Waals surface area contributed by atoms with Gasteiger partial charge in [-0.05, 0) is 25.2 Å². The molecule has 4 unspecified atom stereocenters. The average Bonchev–Trinajstić information content (AvgIpc) is 3.08. The van der Waals surface area contributed by atoms with Crippen molar-refractivity contribution in [3.8, 4) is 0 Å². The van der Waals surface area contributed by atoms with Crippen LogP contribution in [0.5, 0.6) is 0 Å². The van der Waals surface area contributed by atoms with E-state index in [4.69, 9.17) is 0 Å². The van der Waals surface area contributed by atoms with Gasteiger partial charge in [-0.2, -0.15) is 0 Å². The van der Waals surface area contributed by atoms with Gasteiger partial charge >= 0.3 is 0 Å². The molecule has 1 aliphatic heterocycles. The quantitative estimate of drug-likeness (QED) is 0.772. The van der Waals surface area contributed by atoms with Gasteiger partial charge < -0.3 is 5.32 Å². The second-order valence-electron chi connectivity index (χ2n) is 5.62. The zero-order valence-electron chi connectivity index (χ0n) is 11.2. The van der Waals surface area contributed by atoms with E-state index < -0.39 is 0 Å². The van der Waals surface area contributed by atoms with Gasteiger partial charge in [-0.3, -0.25) is 4.90 Å². The molecule has 0 bridgehead atoms. The second kappa shape index (κ2) is 5.50. The van der Waals surface area contributed by atoms with E-state index in [-0.39, 0.29) is 0 Å². The minimum absolute atomic E-state index is 0.755. The van der Waals surface area contributed by atoms with Crippen LogP contribution in [0.4, 0.5) is 0 Å². The van der Waals surface area contributed by atoms with Crippen LogP contribution in [0.25, 0.3) is 0 Å². The molecule has 1 aliphatic carbocycles. The predicted octanol–water partition coefficient (Wildman–Crippen LogP) is 2.64. The first-order chi connectivity index (χ1) is 7.80. The lowest BCUT2D eigenvalue weighted by atomic mass is 10.0. The van der Waals surface area contributed by atoms with Crippen molar-refractivity contribution in [1.29, 1.82) is 0 Å². The maximum absolute atomic E-state index is 3.72. The Morgan fingerprint density at radius 1 is 1.19 bits per heavy atom. The molecule has 2 rings (SSSR count). The highest BCUT2D eigenvalue weighted by molar-refractivity contribution is 5.00. The van der Waals surface area contributed by atoms with E-state index in [1.807, 2.05) is 0 Å². The number of nitrogens with one attached hydrogen (secondary N) is 1. The number of rotatable bonds is 5. The summed E-state index contributed by atoms with van der Waals surface area (Å²) < 4.78 is 0. The molecular weight excluding hydrogens is 196 g/mol. The van der Waals surface area contributed by atoms with E-state index in [0.717, 1.165) is 24.0 Å². The third-order valence-corrected chi connectivity index (χ3v) is 4.49. The number of hydrogen-bond donors (Lipinski definition) is 1. The Bertz CT molecular complexity index is 217. The Labute approximate surface area is 101 Å². The molecule has 0 aromatic heterocycles. The summed E-state index contributed by atoms with van der Waals surface area (Å²) in [4.78, 5) is 2.82. The lowest BCUT2D eigenvalue weighted by Crippen LogP contribution is -2.57. The van der Waals surface area contributed by atoms with E-state index in [1.165, 1.54) is 45.2 Å². The summed E-state index contributed by atoms with van der Waals surface area (Å²) in [6.07, 6.45) is 6.80. The summed E-state index contributed by atoms with van der Waals surface area (Å²) in [5.74, 6) is 1.01. The van der Waals surface area contributed by atoms with Gasteiger partial charge in [0.1, 0.15) is 0 Å².